The Labute approximate surface area is 93.7 Å². The van der Waals surface area contributed by atoms with Gasteiger partial charge in [0.1, 0.15) is 0 Å². The average Bonchev–Trinajstić information content (AvgIpc) is 2.67. The molecule has 1 aromatic rings. The molecule has 0 spiro atoms. The van der Waals surface area contributed by atoms with Crippen LogP contribution >= 0.6 is 0 Å². The second kappa shape index (κ2) is 2.64. The molecule has 0 radical (unpaired) electrons. The summed E-state index contributed by atoms with van der Waals surface area (Å²) in [6.45, 7) is 0. The fraction of sp³-hybridized carbons (Fsp3) is 0.214. The van der Waals surface area contributed by atoms with Crippen LogP contribution in [0.4, 0.5) is 0 Å². The lowest BCUT2D eigenvalue weighted by atomic mass is 9.81. The molecule has 0 aromatic heterocycles. The van der Waals surface area contributed by atoms with E-state index in [0.717, 1.165) is 12.0 Å². The van der Waals surface area contributed by atoms with Crippen molar-refractivity contribution in [2.45, 2.75) is 18.4 Å². The van der Waals surface area contributed by atoms with E-state index in [-0.39, 0.29) is 11.9 Å². The lowest BCUT2D eigenvalue weighted by molar-refractivity contribution is 0.0930. The minimum atomic E-state index is 0.0749. The largest absolute Gasteiger partial charge is 0.345 e. The standard InChI is InChI=1S/C14H11NO/c16-14-10-5-1-3-8-7-9-4-2-6-11(15-14)13(9)12(8)10/h1-6,11,13H,7H2,(H,15,16)/t11-,13?/m0/s1. The molecular formula is C14H11NO. The number of carbonyl (C=O) groups is 1. The van der Waals surface area contributed by atoms with E-state index in [0.29, 0.717) is 5.92 Å². The van der Waals surface area contributed by atoms with Gasteiger partial charge in [0, 0.05) is 11.5 Å². The van der Waals surface area contributed by atoms with Gasteiger partial charge in [0.25, 0.3) is 5.91 Å². The van der Waals surface area contributed by atoms with Crippen LogP contribution in [0.5, 0.6) is 0 Å². The molecule has 1 unspecified atom stereocenters. The molecule has 2 heteroatoms. The second-order valence-corrected chi connectivity index (χ2v) is 4.66. The summed E-state index contributed by atoms with van der Waals surface area (Å²) in [7, 11) is 0. The van der Waals surface area contributed by atoms with Crippen LogP contribution in [0.15, 0.2) is 42.0 Å². The highest BCUT2D eigenvalue weighted by Crippen LogP contribution is 2.45. The van der Waals surface area contributed by atoms with E-state index in [2.05, 4.69) is 29.6 Å². The number of carbonyl (C=O) groups excluding carboxylic acids is 1. The van der Waals surface area contributed by atoms with Gasteiger partial charge in [-0.1, -0.05) is 35.9 Å². The molecule has 0 fully saturated rings. The van der Waals surface area contributed by atoms with E-state index in [9.17, 15) is 4.79 Å². The predicted octanol–water partition coefficient (Wildman–Crippen LogP) is 1.93. The Morgan fingerprint density at radius 1 is 1.31 bits per heavy atom. The molecule has 1 aliphatic heterocycles. The van der Waals surface area contributed by atoms with Crippen LogP contribution in [0.3, 0.4) is 0 Å². The van der Waals surface area contributed by atoms with Crippen molar-refractivity contribution in [1.29, 1.82) is 0 Å². The van der Waals surface area contributed by atoms with Gasteiger partial charge in [0.05, 0.1) is 6.04 Å². The summed E-state index contributed by atoms with van der Waals surface area (Å²) in [6, 6.07) is 6.24. The van der Waals surface area contributed by atoms with Gasteiger partial charge >= 0.3 is 0 Å². The Kier molecular flexibility index (Phi) is 1.38. The van der Waals surface area contributed by atoms with Gasteiger partial charge in [-0.3, -0.25) is 4.79 Å². The zero-order valence-corrected chi connectivity index (χ0v) is 8.73. The zero-order valence-electron chi connectivity index (χ0n) is 8.73. The van der Waals surface area contributed by atoms with Crippen molar-refractivity contribution in [3.05, 3.63) is 58.7 Å². The topological polar surface area (TPSA) is 29.1 Å². The number of allylic oxidation sites excluding steroid dienone is 2. The first-order chi connectivity index (χ1) is 7.84. The molecule has 2 atom stereocenters. The molecule has 1 N–H and O–H groups in total. The fourth-order valence-corrected chi connectivity index (χ4v) is 3.19. The molecule has 1 aromatic carbocycles. The van der Waals surface area contributed by atoms with Gasteiger partial charge in [-0.2, -0.15) is 0 Å². The van der Waals surface area contributed by atoms with E-state index in [1.165, 1.54) is 16.7 Å². The Hall–Kier alpha value is -1.83. The van der Waals surface area contributed by atoms with Crippen LogP contribution in [0, 0.1) is 0 Å². The van der Waals surface area contributed by atoms with Crippen molar-refractivity contribution < 1.29 is 4.79 Å². The van der Waals surface area contributed by atoms with Gasteiger partial charge in [-0.05, 0) is 23.6 Å². The van der Waals surface area contributed by atoms with Crippen LogP contribution in [-0.4, -0.2) is 11.9 Å². The van der Waals surface area contributed by atoms with Crippen LogP contribution < -0.4 is 5.32 Å². The van der Waals surface area contributed by atoms with E-state index >= 15 is 0 Å². The Balaban J connectivity index is 2.06. The maximum absolute atomic E-state index is 11.9. The molecule has 1 heterocycles. The zero-order chi connectivity index (χ0) is 10.7. The van der Waals surface area contributed by atoms with Crippen LogP contribution in [0.2, 0.25) is 0 Å². The maximum atomic E-state index is 11.9. The lowest BCUT2D eigenvalue weighted by Crippen LogP contribution is -2.43. The van der Waals surface area contributed by atoms with E-state index in [1.54, 1.807) is 0 Å². The van der Waals surface area contributed by atoms with E-state index < -0.39 is 0 Å². The van der Waals surface area contributed by atoms with Crippen molar-refractivity contribution >= 4 is 5.91 Å². The number of benzene rings is 1. The number of amides is 1. The fourth-order valence-electron chi connectivity index (χ4n) is 3.19. The van der Waals surface area contributed by atoms with Gasteiger partial charge < -0.3 is 5.32 Å². The van der Waals surface area contributed by atoms with Gasteiger partial charge in [0.15, 0.2) is 0 Å². The smallest absolute Gasteiger partial charge is 0.252 e. The quantitative estimate of drug-likeness (QED) is 0.695. The van der Waals surface area contributed by atoms with Crippen molar-refractivity contribution in [2.75, 3.05) is 0 Å². The van der Waals surface area contributed by atoms with Crippen molar-refractivity contribution in [2.24, 2.45) is 0 Å². The highest BCUT2D eigenvalue weighted by atomic mass is 16.1. The van der Waals surface area contributed by atoms with Crippen LogP contribution in [0.1, 0.15) is 27.4 Å². The number of rotatable bonds is 0. The van der Waals surface area contributed by atoms with Gasteiger partial charge in [-0.25, -0.2) is 0 Å². The van der Waals surface area contributed by atoms with Crippen molar-refractivity contribution in [3.63, 3.8) is 0 Å². The van der Waals surface area contributed by atoms with Crippen LogP contribution in [0.25, 0.3) is 0 Å². The average molecular weight is 209 g/mol. The third-order valence-electron chi connectivity index (χ3n) is 3.83. The molecule has 0 saturated carbocycles. The Morgan fingerprint density at radius 3 is 3.19 bits per heavy atom. The molecule has 0 saturated heterocycles. The summed E-state index contributed by atoms with van der Waals surface area (Å²) in [4.78, 5) is 11.9. The van der Waals surface area contributed by atoms with Gasteiger partial charge in [0.2, 0.25) is 0 Å². The molecular weight excluding hydrogens is 198 g/mol. The number of hydrogen-bond acceptors (Lipinski definition) is 1. The molecule has 1 amide bonds. The van der Waals surface area contributed by atoms with Crippen molar-refractivity contribution in [1.82, 2.24) is 5.32 Å². The van der Waals surface area contributed by atoms with E-state index in [1.807, 2.05) is 12.1 Å². The van der Waals surface area contributed by atoms with Gasteiger partial charge in [-0.15, -0.1) is 0 Å². The molecule has 2 aliphatic carbocycles. The molecule has 4 rings (SSSR count). The molecule has 2 nitrogen and oxygen atoms in total. The monoisotopic (exact) mass is 209 g/mol. The molecule has 0 bridgehead atoms. The van der Waals surface area contributed by atoms with Crippen LogP contribution in [-0.2, 0) is 6.42 Å². The first-order valence-corrected chi connectivity index (χ1v) is 5.64. The Bertz CT molecular complexity index is 568. The Morgan fingerprint density at radius 2 is 2.25 bits per heavy atom. The summed E-state index contributed by atoms with van der Waals surface area (Å²) in [6.07, 6.45) is 7.36. The molecule has 78 valence electrons. The first-order valence-electron chi connectivity index (χ1n) is 5.64. The normalized spacial score (nSPS) is 28.5. The summed E-state index contributed by atoms with van der Waals surface area (Å²) in [5.41, 5.74) is 4.91. The second-order valence-electron chi connectivity index (χ2n) is 4.66. The highest BCUT2D eigenvalue weighted by Gasteiger charge is 2.40. The minimum Gasteiger partial charge on any atom is -0.345 e. The first kappa shape index (κ1) is 8.34. The third kappa shape index (κ3) is 0.854. The SMILES string of the molecule is O=C1N[C@H]2C=CC=C3Cc4cccc1c4C32. The summed E-state index contributed by atoms with van der Waals surface area (Å²) in [5.74, 6) is 0.472. The highest BCUT2D eigenvalue weighted by molar-refractivity contribution is 5.99. The third-order valence-corrected chi connectivity index (χ3v) is 3.83. The summed E-state index contributed by atoms with van der Waals surface area (Å²) < 4.78 is 0. The van der Waals surface area contributed by atoms with E-state index in [4.69, 9.17) is 0 Å². The van der Waals surface area contributed by atoms with Crippen molar-refractivity contribution in [3.8, 4) is 0 Å². The predicted molar refractivity (Wildman–Crippen MR) is 61.4 cm³/mol. The summed E-state index contributed by atoms with van der Waals surface area (Å²) in [5, 5.41) is 3.07. The maximum Gasteiger partial charge on any atom is 0.252 e. The number of hydrogen-bond donors (Lipinski definition) is 1. The molecule has 16 heavy (non-hydrogen) atoms. The lowest BCUT2D eigenvalue weighted by Gasteiger charge is -2.32. The number of nitrogens with one attached hydrogen (secondary N) is 1. The molecule has 3 aliphatic rings. The minimum absolute atomic E-state index is 0.0749. The summed E-state index contributed by atoms with van der Waals surface area (Å²) >= 11 is 0.